The molecular weight excluding hydrogens is 384 g/mol. The Morgan fingerprint density at radius 3 is 2.45 bits per heavy atom. The van der Waals surface area contributed by atoms with E-state index in [0.29, 0.717) is 5.92 Å². The molecule has 158 valence electrons. The highest BCUT2D eigenvalue weighted by molar-refractivity contribution is 5.89. The van der Waals surface area contributed by atoms with Crippen LogP contribution in [0, 0.1) is 12.8 Å². The van der Waals surface area contributed by atoms with E-state index in [4.69, 9.17) is 9.97 Å². The van der Waals surface area contributed by atoms with Crippen LogP contribution in [0.15, 0.2) is 60.8 Å². The van der Waals surface area contributed by atoms with Crippen LogP contribution in [0.25, 0.3) is 11.0 Å². The Morgan fingerprint density at radius 2 is 1.71 bits per heavy atom. The Hall–Kier alpha value is -3.41. The first-order valence-electron chi connectivity index (χ1n) is 11.0. The summed E-state index contributed by atoms with van der Waals surface area (Å²) in [6, 6.07) is 19.2. The third-order valence-corrected chi connectivity index (χ3v) is 6.16. The summed E-state index contributed by atoms with van der Waals surface area (Å²) >= 11 is 0. The molecule has 0 unspecified atom stereocenters. The standard InChI is InChI=1S/C25H28N6/c1-18-8-10-21(11-9-18)27-23-22-17-26-30(2)24(22)29-25(28-23)31-14-12-20(13-15-31)16-19-6-4-3-5-7-19/h3-11,17,20H,12-16H2,1-2H3,(H,27,28,29). The molecule has 1 aliphatic rings. The van der Waals surface area contributed by atoms with Crippen molar-refractivity contribution in [3.05, 3.63) is 71.9 Å². The number of hydrogen-bond acceptors (Lipinski definition) is 5. The van der Waals surface area contributed by atoms with Crippen molar-refractivity contribution >= 4 is 28.5 Å². The quantitative estimate of drug-likeness (QED) is 0.507. The fraction of sp³-hybridized carbons (Fsp3) is 0.320. The van der Waals surface area contributed by atoms with Gasteiger partial charge in [-0.3, -0.25) is 4.68 Å². The molecule has 1 fully saturated rings. The van der Waals surface area contributed by atoms with Crippen LogP contribution in [0.2, 0.25) is 0 Å². The van der Waals surface area contributed by atoms with Crippen molar-refractivity contribution in [2.45, 2.75) is 26.2 Å². The van der Waals surface area contributed by atoms with E-state index in [1.165, 1.54) is 11.1 Å². The molecule has 2 aromatic carbocycles. The molecule has 1 saturated heterocycles. The third-order valence-electron chi connectivity index (χ3n) is 6.16. The number of nitrogens with zero attached hydrogens (tertiary/aromatic N) is 5. The van der Waals surface area contributed by atoms with Gasteiger partial charge in [-0.1, -0.05) is 48.0 Å². The number of fused-ring (bicyclic) bond motifs is 1. The van der Waals surface area contributed by atoms with Crippen LogP contribution in [0.4, 0.5) is 17.5 Å². The van der Waals surface area contributed by atoms with Gasteiger partial charge < -0.3 is 10.2 Å². The first-order chi connectivity index (χ1) is 15.2. The van der Waals surface area contributed by atoms with Gasteiger partial charge >= 0.3 is 0 Å². The number of hydrogen-bond donors (Lipinski definition) is 1. The Labute approximate surface area is 182 Å². The van der Waals surface area contributed by atoms with Crippen molar-refractivity contribution in [3.63, 3.8) is 0 Å². The minimum absolute atomic E-state index is 0.712. The van der Waals surface area contributed by atoms with Crippen molar-refractivity contribution < 1.29 is 0 Å². The molecular formula is C25H28N6. The molecule has 6 heteroatoms. The molecule has 4 aromatic rings. The summed E-state index contributed by atoms with van der Waals surface area (Å²) in [5.41, 5.74) is 4.53. The number of piperidine rings is 1. The van der Waals surface area contributed by atoms with Gasteiger partial charge in [-0.25, -0.2) is 0 Å². The van der Waals surface area contributed by atoms with Crippen molar-refractivity contribution in [2.75, 3.05) is 23.3 Å². The Balaban J connectivity index is 1.36. The molecule has 0 radical (unpaired) electrons. The molecule has 2 aromatic heterocycles. The first kappa shape index (κ1) is 19.5. The Kier molecular flexibility index (Phi) is 5.28. The van der Waals surface area contributed by atoms with Gasteiger partial charge in [0.2, 0.25) is 5.95 Å². The summed E-state index contributed by atoms with van der Waals surface area (Å²) in [7, 11) is 1.93. The molecule has 3 heterocycles. The summed E-state index contributed by atoms with van der Waals surface area (Å²) in [5.74, 6) is 2.30. The number of aryl methyl sites for hydroxylation is 2. The van der Waals surface area contributed by atoms with Gasteiger partial charge in [0, 0.05) is 25.8 Å². The zero-order chi connectivity index (χ0) is 21.2. The highest BCUT2D eigenvalue weighted by Gasteiger charge is 2.23. The number of benzene rings is 2. The average Bonchev–Trinajstić information content (AvgIpc) is 3.18. The maximum absolute atomic E-state index is 4.92. The second-order valence-electron chi connectivity index (χ2n) is 8.49. The number of anilines is 3. The van der Waals surface area contributed by atoms with Gasteiger partial charge in [0.15, 0.2) is 5.65 Å². The van der Waals surface area contributed by atoms with Crippen molar-refractivity contribution in [1.29, 1.82) is 0 Å². The molecule has 0 bridgehead atoms. The van der Waals surface area contributed by atoms with Crippen LogP contribution in [-0.2, 0) is 13.5 Å². The SMILES string of the molecule is Cc1ccc(Nc2nc(N3CCC(Cc4ccccc4)CC3)nc3c2cnn3C)cc1. The predicted octanol–water partition coefficient (Wildman–Crippen LogP) is 4.87. The minimum atomic E-state index is 0.712. The van der Waals surface area contributed by atoms with Crippen LogP contribution in [0.5, 0.6) is 0 Å². The lowest BCUT2D eigenvalue weighted by molar-refractivity contribution is 0.401. The van der Waals surface area contributed by atoms with Crippen molar-refractivity contribution in [3.8, 4) is 0 Å². The van der Waals surface area contributed by atoms with E-state index in [1.54, 1.807) is 0 Å². The molecule has 31 heavy (non-hydrogen) atoms. The molecule has 5 rings (SSSR count). The van der Waals surface area contributed by atoms with Crippen LogP contribution < -0.4 is 10.2 Å². The molecule has 0 saturated carbocycles. The number of aromatic nitrogens is 4. The maximum atomic E-state index is 4.92. The zero-order valence-corrected chi connectivity index (χ0v) is 18.1. The van der Waals surface area contributed by atoms with Crippen molar-refractivity contribution in [2.24, 2.45) is 13.0 Å². The minimum Gasteiger partial charge on any atom is -0.341 e. The maximum Gasteiger partial charge on any atom is 0.229 e. The number of rotatable bonds is 5. The summed E-state index contributed by atoms with van der Waals surface area (Å²) in [6.45, 7) is 4.04. The molecule has 0 amide bonds. The largest absolute Gasteiger partial charge is 0.341 e. The summed E-state index contributed by atoms with van der Waals surface area (Å²) < 4.78 is 1.82. The molecule has 0 atom stereocenters. The Morgan fingerprint density at radius 1 is 0.968 bits per heavy atom. The normalized spacial score (nSPS) is 14.8. The monoisotopic (exact) mass is 412 g/mol. The first-order valence-corrected chi connectivity index (χ1v) is 11.0. The smallest absolute Gasteiger partial charge is 0.229 e. The highest BCUT2D eigenvalue weighted by atomic mass is 15.3. The summed E-state index contributed by atoms with van der Waals surface area (Å²) in [5, 5.41) is 8.83. The third kappa shape index (κ3) is 4.24. The van der Waals surface area contributed by atoms with Gasteiger partial charge in [-0.15, -0.1) is 0 Å². The second-order valence-corrected chi connectivity index (χ2v) is 8.49. The lowest BCUT2D eigenvalue weighted by atomic mass is 9.90. The molecule has 0 aliphatic carbocycles. The van der Waals surface area contributed by atoms with E-state index >= 15 is 0 Å². The van der Waals surface area contributed by atoms with Crippen LogP contribution >= 0.6 is 0 Å². The fourth-order valence-corrected chi connectivity index (χ4v) is 4.31. The van der Waals surface area contributed by atoms with Crippen LogP contribution in [-0.4, -0.2) is 32.8 Å². The van der Waals surface area contributed by atoms with Crippen molar-refractivity contribution in [1.82, 2.24) is 19.7 Å². The summed E-state index contributed by atoms with van der Waals surface area (Å²) in [6.07, 6.45) is 5.29. The van der Waals surface area contributed by atoms with E-state index in [0.717, 1.165) is 60.8 Å². The van der Waals surface area contributed by atoms with Gasteiger partial charge in [-0.2, -0.15) is 15.1 Å². The second kappa shape index (κ2) is 8.38. The molecule has 0 spiro atoms. The Bertz CT molecular complexity index is 1160. The van der Waals surface area contributed by atoms with E-state index < -0.39 is 0 Å². The van der Waals surface area contributed by atoms with Gasteiger partial charge in [-0.05, 0) is 49.8 Å². The predicted molar refractivity (Wildman–Crippen MR) is 126 cm³/mol. The van der Waals surface area contributed by atoms with Crippen LogP contribution in [0.1, 0.15) is 24.0 Å². The lowest BCUT2D eigenvalue weighted by Crippen LogP contribution is -2.35. The molecule has 1 aliphatic heterocycles. The van der Waals surface area contributed by atoms with Gasteiger partial charge in [0.1, 0.15) is 5.82 Å². The van der Waals surface area contributed by atoms with E-state index in [1.807, 2.05) is 17.9 Å². The lowest BCUT2D eigenvalue weighted by Gasteiger charge is -2.32. The van der Waals surface area contributed by atoms with E-state index in [2.05, 4.69) is 76.8 Å². The molecule has 6 nitrogen and oxygen atoms in total. The van der Waals surface area contributed by atoms with E-state index in [-0.39, 0.29) is 0 Å². The number of nitrogens with one attached hydrogen (secondary N) is 1. The summed E-state index contributed by atoms with van der Waals surface area (Å²) in [4.78, 5) is 12.1. The average molecular weight is 413 g/mol. The van der Waals surface area contributed by atoms with Gasteiger partial charge in [0.05, 0.1) is 11.6 Å². The fourth-order valence-electron chi connectivity index (χ4n) is 4.31. The highest BCUT2D eigenvalue weighted by Crippen LogP contribution is 2.29. The topological polar surface area (TPSA) is 58.9 Å². The van der Waals surface area contributed by atoms with Gasteiger partial charge in [0.25, 0.3) is 0 Å². The molecule has 1 N–H and O–H groups in total. The van der Waals surface area contributed by atoms with E-state index in [9.17, 15) is 0 Å². The van der Waals surface area contributed by atoms with Crippen LogP contribution in [0.3, 0.4) is 0 Å². The zero-order valence-electron chi connectivity index (χ0n) is 18.1.